The summed E-state index contributed by atoms with van der Waals surface area (Å²) in [6, 6.07) is 6.12. The number of nitro groups is 1. The maximum Gasteiger partial charge on any atom is 0.269 e. The lowest BCUT2D eigenvalue weighted by Crippen LogP contribution is -2.09. The van der Waals surface area contributed by atoms with Crippen molar-refractivity contribution in [3.05, 3.63) is 57.7 Å². The van der Waals surface area contributed by atoms with Crippen LogP contribution >= 0.6 is 0 Å². The van der Waals surface area contributed by atoms with Gasteiger partial charge in [-0.2, -0.15) is 15.1 Å². The lowest BCUT2D eigenvalue weighted by Gasteiger charge is -2.12. The molecule has 0 aliphatic rings. The number of nitrogens with zero attached hydrogens (tertiary/aromatic N) is 7. The third kappa shape index (κ3) is 5.73. The van der Waals surface area contributed by atoms with Gasteiger partial charge in [-0.15, -0.1) is 5.11 Å². The molecule has 13 heteroatoms. The van der Waals surface area contributed by atoms with Crippen LogP contribution in [0.3, 0.4) is 0 Å². The molecule has 1 aromatic carbocycles. The molecule has 0 aliphatic heterocycles. The topological polar surface area (TPSA) is 148 Å². The van der Waals surface area contributed by atoms with Crippen LogP contribution in [0.5, 0.6) is 0 Å². The van der Waals surface area contributed by atoms with Gasteiger partial charge in [0.25, 0.3) is 5.69 Å². The van der Waals surface area contributed by atoms with E-state index in [1.165, 1.54) is 12.1 Å². The van der Waals surface area contributed by atoms with Crippen molar-refractivity contribution in [1.29, 1.82) is 0 Å². The zero-order chi connectivity index (χ0) is 26.1. The summed E-state index contributed by atoms with van der Waals surface area (Å²) in [6.45, 7) is 10.9. The van der Waals surface area contributed by atoms with Gasteiger partial charge in [0.2, 0.25) is 11.6 Å². The number of aromatic nitrogens is 3. The van der Waals surface area contributed by atoms with Crippen molar-refractivity contribution in [2.45, 2.75) is 19.8 Å². The Morgan fingerprint density at radius 1 is 1.17 bits per heavy atom. The second kappa shape index (κ2) is 12.2. The van der Waals surface area contributed by atoms with Crippen molar-refractivity contribution < 1.29 is 9.66 Å². The van der Waals surface area contributed by atoms with Crippen LogP contribution in [0.15, 0.2) is 40.7 Å². The van der Waals surface area contributed by atoms with Crippen molar-refractivity contribution >= 4 is 40.3 Å². The van der Waals surface area contributed by atoms with Gasteiger partial charge in [-0.1, -0.05) is 6.92 Å². The zero-order valence-corrected chi connectivity index (χ0v) is 20.6. The Hall–Kier alpha value is -4.57. The molecule has 0 amide bonds. The third-order valence-electron chi connectivity index (χ3n) is 5.26. The first-order chi connectivity index (χ1) is 17.5. The van der Waals surface area contributed by atoms with E-state index in [-0.39, 0.29) is 5.69 Å². The van der Waals surface area contributed by atoms with E-state index in [9.17, 15) is 10.1 Å². The molecular weight excluding hydrogens is 464 g/mol. The monoisotopic (exact) mass is 492 g/mol. The van der Waals surface area contributed by atoms with Crippen LogP contribution in [0.2, 0.25) is 0 Å². The smallest absolute Gasteiger partial charge is 0.269 e. The van der Waals surface area contributed by atoms with Gasteiger partial charge in [-0.25, -0.2) is 4.85 Å². The van der Waals surface area contributed by atoms with Gasteiger partial charge in [0, 0.05) is 64.1 Å². The summed E-state index contributed by atoms with van der Waals surface area (Å²) < 4.78 is 6.91. The van der Waals surface area contributed by atoms with Crippen molar-refractivity contribution in [2.24, 2.45) is 10.2 Å². The molecule has 3 N–H and O–H groups in total. The number of ether oxygens (including phenoxy) is 1. The first-order valence-corrected chi connectivity index (χ1v) is 11.3. The second-order valence-corrected chi connectivity index (χ2v) is 7.48. The number of nitro benzene ring substituents is 1. The largest absolute Gasteiger partial charge is 0.385 e. The van der Waals surface area contributed by atoms with E-state index in [4.69, 9.17) is 11.3 Å². The number of azo groups is 1. The van der Waals surface area contributed by atoms with Crippen molar-refractivity contribution in [1.82, 2.24) is 14.5 Å². The highest BCUT2D eigenvalue weighted by Crippen LogP contribution is 2.39. The van der Waals surface area contributed by atoms with Gasteiger partial charge in [0.1, 0.15) is 5.69 Å². The van der Waals surface area contributed by atoms with Crippen LogP contribution in [0, 0.1) is 16.7 Å². The zero-order valence-electron chi connectivity index (χ0n) is 20.6. The molecule has 0 unspecified atom stereocenters. The Labute approximate surface area is 208 Å². The van der Waals surface area contributed by atoms with Crippen molar-refractivity contribution in [2.75, 3.05) is 50.3 Å². The van der Waals surface area contributed by atoms with Crippen LogP contribution in [0.1, 0.15) is 19.0 Å². The molecule has 188 valence electrons. The average molecular weight is 493 g/mol. The number of methoxy groups -OCH3 is 1. The molecule has 0 bridgehead atoms. The molecule has 36 heavy (non-hydrogen) atoms. The summed E-state index contributed by atoms with van der Waals surface area (Å²) in [5.41, 5.74) is 2.51. The minimum atomic E-state index is -0.452. The molecular formula is C23H28N10O3. The molecule has 3 aromatic rings. The Kier molecular flexibility index (Phi) is 8.84. The Balaban J connectivity index is 2.04. The highest BCUT2D eigenvalue weighted by atomic mass is 16.6. The molecule has 0 saturated carbocycles. The summed E-state index contributed by atoms with van der Waals surface area (Å²) in [4.78, 5) is 23.1. The van der Waals surface area contributed by atoms with E-state index < -0.39 is 4.92 Å². The molecule has 0 saturated heterocycles. The predicted molar refractivity (Wildman–Crippen MR) is 138 cm³/mol. The maximum absolute atomic E-state index is 11.0. The summed E-state index contributed by atoms with van der Waals surface area (Å²) in [5, 5.41) is 29.0. The summed E-state index contributed by atoms with van der Waals surface area (Å²) in [7, 11) is 5.09. The van der Waals surface area contributed by atoms with Gasteiger partial charge in [0.15, 0.2) is 17.3 Å². The minimum absolute atomic E-state index is 0.00981. The molecule has 3 rings (SSSR count). The van der Waals surface area contributed by atoms with Crippen LogP contribution in [-0.2, 0) is 11.2 Å². The number of rotatable bonds is 12. The van der Waals surface area contributed by atoms with E-state index in [1.807, 2.05) is 6.92 Å². The molecule has 0 spiro atoms. The highest BCUT2D eigenvalue weighted by Gasteiger charge is 2.18. The Morgan fingerprint density at radius 3 is 2.47 bits per heavy atom. The van der Waals surface area contributed by atoms with Crippen LogP contribution < -0.4 is 16.0 Å². The normalized spacial score (nSPS) is 10.9. The first-order valence-electron chi connectivity index (χ1n) is 11.3. The van der Waals surface area contributed by atoms with Gasteiger partial charge in [-0.3, -0.25) is 10.1 Å². The van der Waals surface area contributed by atoms with Gasteiger partial charge in [0.05, 0.1) is 11.5 Å². The third-order valence-corrected chi connectivity index (χ3v) is 5.26. The van der Waals surface area contributed by atoms with Gasteiger partial charge < -0.3 is 25.3 Å². The lowest BCUT2D eigenvalue weighted by molar-refractivity contribution is -0.384. The number of non-ortho nitro benzene ring substituents is 1. The fraction of sp³-hybridized carbons (Fsp3) is 0.348. The summed E-state index contributed by atoms with van der Waals surface area (Å²) in [6.07, 6.45) is 3.02. The number of hydrogen-bond acceptors (Lipinski definition) is 10. The summed E-state index contributed by atoms with van der Waals surface area (Å²) >= 11 is 0. The Bertz CT molecular complexity index is 1280. The number of benzene rings is 1. The average Bonchev–Trinajstić information content (AvgIpc) is 3.27. The molecule has 2 aromatic heterocycles. The molecule has 0 aliphatic carbocycles. The quantitative estimate of drug-likeness (QED) is 0.102. The molecule has 2 heterocycles. The standard InChI is InChI=1S/C23H28N10O3/c1-6-18-19(24-2)17(14-32(18)15-8-10-16(11-9-15)33(34)35)30-31-20-21(25-3)28-23(26-4)29-22(20)27-12-7-13-36-5/h8-11,14H,6-7,12-13H2,1,3-5H3,(H3,25,26,27,28,29). The number of hydrogen-bond donors (Lipinski definition) is 3. The van der Waals surface area contributed by atoms with Crippen LogP contribution in [-0.4, -0.2) is 53.8 Å². The van der Waals surface area contributed by atoms with Crippen LogP contribution in [0.4, 0.5) is 40.3 Å². The molecule has 0 radical (unpaired) electrons. The second-order valence-electron chi connectivity index (χ2n) is 7.48. The SMILES string of the molecule is [C-]#[N+]c1c(N=Nc2c(NC)nc(NC)nc2NCCCOC)cn(-c2ccc([N+](=O)[O-])cc2)c1CC. The molecule has 0 fully saturated rings. The van der Waals surface area contributed by atoms with E-state index >= 15 is 0 Å². The fourth-order valence-corrected chi connectivity index (χ4v) is 3.51. The predicted octanol–water partition coefficient (Wildman–Crippen LogP) is 5.24. The van der Waals surface area contributed by atoms with Gasteiger partial charge >= 0.3 is 0 Å². The van der Waals surface area contributed by atoms with Crippen LogP contribution in [0.25, 0.3) is 10.5 Å². The van der Waals surface area contributed by atoms with E-state index in [0.29, 0.717) is 59.9 Å². The van der Waals surface area contributed by atoms with Gasteiger partial charge in [-0.05, 0) is 25.0 Å². The van der Waals surface area contributed by atoms with E-state index in [2.05, 4.69) is 41.0 Å². The van der Waals surface area contributed by atoms with Crippen molar-refractivity contribution in [3.8, 4) is 5.69 Å². The Morgan fingerprint density at radius 2 is 1.89 bits per heavy atom. The highest BCUT2D eigenvalue weighted by molar-refractivity contribution is 5.76. The van der Waals surface area contributed by atoms with E-state index in [1.54, 1.807) is 44.1 Å². The molecule has 13 nitrogen and oxygen atoms in total. The van der Waals surface area contributed by atoms with E-state index in [0.717, 1.165) is 12.1 Å². The number of anilines is 3. The summed E-state index contributed by atoms with van der Waals surface area (Å²) in [5.74, 6) is 1.35. The minimum Gasteiger partial charge on any atom is -0.385 e. The fourth-order valence-electron chi connectivity index (χ4n) is 3.51. The molecule has 0 atom stereocenters. The lowest BCUT2D eigenvalue weighted by atomic mass is 10.2. The number of nitrogens with one attached hydrogen (secondary N) is 3. The van der Waals surface area contributed by atoms with Crippen molar-refractivity contribution in [3.63, 3.8) is 0 Å². The maximum atomic E-state index is 11.0. The first kappa shape index (κ1) is 26.0.